The number of aliphatic hydroxyl groups is 1. The molecule has 0 saturated heterocycles. The highest BCUT2D eigenvalue weighted by atomic mass is 16.5. The van der Waals surface area contributed by atoms with E-state index in [0.29, 0.717) is 24.5 Å². The first-order chi connectivity index (χ1) is 8.63. The Bertz CT molecular complexity index is 419. The second kappa shape index (κ2) is 6.70. The van der Waals surface area contributed by atoms with E-state index in [9.17, 15) is 4.79 Å². The molecule has 1 aromatic rings. The van der Waals surface area contributed by atoms with E-state index in [2.05, 4.69) is 4.74 Å². The van der Waals surface area contributed by atoms with E-state index in [1.54, 1.807) is 0 Å². The zero-order valence-electron chi connectivity index (χ0n) is 10.4. The third-order valence-electron chi connectivity index (χ3n) is 2.30. The number of esters is 1. The summed E-state index contributed by atoms with van der Waals surface area (Å²) in [6, 6.07) is 2.97. The summed E-state index contributed by atoms with van der Waals surface area (Å²) in [5.74, 6) is 0.279. The fraction of sp³-hybridized carbons (Fsp3) is 0.417. The highest BCUT2D eigenvalue weighted by Crippen LogP contribution is 2.32. The maximum atomic E-state index is 11.5. The topological polar surface area (TPSA) is 91.0 Å². The van der Waals surface area contributed by atoms with E-state index in [0.717, 1.165) is 0 Å². The normalized spacial score (nSPS) is 9.94. The van der Waals surface area contributed by atoms with Gasteiger partial charge in [-0.1, -0.05) is 0 Å². The monoisotopic (exact) mass is 255 g/mol. The number of ether oxygens (including phenoxy) is 3. The molecule has 0 radical (unpaired) electrons. The Hall–Kier alpha value is -1.95. The van der Waals surface area contributed by atoms with Gasteiger partial charge in [0.15, 0.2) is 11.5 Å². The van der Waals surface area contributed by atoms with Gasteiger partial charge in [0, 0.05) is 25.2 Å². The van der Waals surface area contributed by atoms with E-state index in [4.69, 9.17) is 20.3 Å². The van der Waals surface area contributed by atoms with Crippen LogP contribution in [0, 0.1) is 0 Å². The molecule has 18 heavy (non-hydrogen) atoms. The zero-order valence-corrected chi connectivity index (χ0v) is 10.4. The van der Waals surface area contributed by atoms with Gasteiger partial charge in [0.1, 0.15) is 0 Å². The fourth-order valence-electron chi connectivity index (χ4n) is 1.38. The van der Waals surface area contributed by atoms with E-state index in [1.165, 1.54) is 26.4 Å². The van der Waals surface area contributed by atoms with Gasteiger partial charge in [-0.05, 0) is 0 Å². The Labute approximate surface area is 105 Å². The molecule has 6 nitrogen and oxygen atoms in total. The van der Waals surface area contributed by atoms with Gasteiger partial charge in [-0.2, -0.15) is 0 Å². The summed E-state index contributed by atoms with van der Waals surface area (Å²) in [5, 5.41) is 8.69. The number of rotatable bonds is 6. The standard InChI is InChI=1S/C12H17NO5/c1-16-10-7-9(13)8(12(15)17-2)6-11(10)18-5-3-4-14/h6-7,14H,3-5,13H2,1-2H3. The van der Waals surface area contributed by atoms with Crippen molar-refractivity contribution in [3.8, 4) is 11.5 Å². The predicted octanol–water partition coefficient (Wildman–Crippen LogP) is 0.825. The van der Waals surface area contributed by atoms with Crippen molar-refractivity contribution in [3.63, 3.8) is 0 Å². The Balaban J connectivity index is 3.02. The third-order valence-corrected chi connectivity index (χ3v) is 2.30. The van der Waals surface area contributed by atoms with Gasteiger partial charge in [0.25, 0.3) is 0 Å². The van der Waals surface area contributed by atoms with Gasteiger partial charge in [-0.3, -0.25) is 0 Å². The van der Waals surface area contributed by atoms with E-state index in [-0.39, 0.29) is 17.9 Å². The molecule has 100 valence electrons. The second-order valence-corrected chi connectivity index (χ2v) is 3.51. The number of anilines is 1. The molecule has 0 fully saturated rings. The maximum Gasteiger partial charge on any atom is 0.340 e. The number of hydrogen-bond donors (Lipinski definition) is 2. The molecule has 0 atom stereocenters. The number of carbonyl (C=O) groups excluding carboxylic acids is 1. The first-order valence-corrected chi connectivity index (χ1v) is 5.43. The van der Waals surface area contributed by atoms with Crippen LogP contribution in [0.15, 0.2) is 12.1 Å². The molecule has 0 heterocycles. The molecule has 6 heteroatoms. The average Bonchev–Trinajstić information content (AvgIpc) is 2.39. The van der Waals surface area contributed by atoms with Crippen molar-refractivity contribution in [2.45, 2.75) is 6.42 Å². The Morgan fingerprint density at radius 1 is 1.33 bits per heavy atom. The van der Waals surface area contributed by atoms with Crippen LogP contribution in [0.4, 0.5) is 5.69 Å². The predicted molar refractivity (Wildman–Crippen MR) is 65.9 cm³/mol. The zero-order chi connectivity index (χ0) is 13.5. The van der Waals surface area contributed by atoms with Crippen molar-refractivity contribution in [3.05, 3.63) is 17.7 Å². The molecule has 0 aliphatic heterocycles. The molecule has 0 saturated carbocycles. The largest absolute Gasteiger partial charge is 0.493 e. The number of benzene rings is 1. The highest BCUT2D eigenvalue weighted by molar-refractivity contribution is 5.96. The molecule has 1 rings (SSSR count). The lowest BCUT2D eigenvalue weighted by Crippen LogP contribution is -2.08. The van der Waals surface area contributed by atoms with Crippen LogP contribution in [0.25, 0.3) is 0 Å². The van der Waals surface area contributed by atoms with Crippen molar-refractivity contribution in [1.82, 2.24) is 0 Å². The molecule has 0 aliphatic rings. The van der Waals surface area contributed by atoms with Crippen molar-refractivity contribution in [1.29, 1.82) is 0 Å². The number of nitrogen functional groups attached to an aromatic ring is 1. The number of carbonyl (C=O) groups is 1. The van der Waals surface area contributed by atoms with Crippen LogP contribution in [-0.4, -0.2) is 38.5 Å². The lowest BCUT2D eigenvalue weighted by atomic mass is 10.1. The molecule has 1 aromatic carbocycles. The second-order valence-electron chi connectivity index (χ2n) is 3.51. The Morgan fingerprint density at radius 3 is 2.61 bits per heavy atom. The Morgan fingerprint density at radius 2 is 2.06 bits per heavy atom. The summed E-state index contributed by atoms with van der Waals surface area (Å²) in [7, 11) is 2.75. The van der Waals surface area contributed by atoms with Crippen LogP contribution in [0.1, 0.15) is 16.8 Å². The molecular weight excluding hydrogens is 238 g/mol. The lowest BCUT2D eigenvalue weighted by Gasteiger charge is -2.13. The molecule has 0 aromatic heterocycles. The number of nitrogens with two attached hydrogens (primary N) is 1. The van der Waals surface area contributed by atoms with Crippen LogP contribution < -0.4 is 15.2 Å². The van der Waals surface area contributed by atoms with Gasteiger partial charge in [-0.25, -0.2) is 4.79 Å². The highest BCUT2D eigenvalue weighted by Gasteiger charge is 2.15. The summed E-state index contributed by atoms with van der Waals surface area (Å²) in [5.41, 5.74) is 6.20. The SMILES string of the molecule is COC(=O)c1cc(OCCCO)c(OC)cc1N. The molecule has 0 unspecified atom stereocenters. The van der Waals surface area contributed by atoms with Crippen molar-refractivity contribution in [2.75, 3.05) is 33.2 Å². The molecule has 0 amide bonds. The molecular formula is C12H17NO5. The van der Waals surface area contributed by atoms with E-state index >= 15 is 0 Å². The van der Waals surface area contributed by atoms with E-state index in [1.807, 2.05) is 0 Å². The van der Waals surface area contributed by atoms with Crippen molar-refractivity contribution < 1.29 is 24.1 Å². The van der Waals surface area contributed by atoms with Crippen LogP contribution in [-0.2, 0) is 4.74 Å². The summed E-state index contributed by atoms with van der Waals surface area (Å²) < 4.78 is 15.1. The van der Waals surface area contributed by atoms with Gasteiger partial charge < -0.3 is 25.1 Å². The van der Waals surface area contributed by atoms with E-state index < -0.39 is 5.97 Å². The smallest absolute Gasteiger partial charge is 0.340 e. The van der Waals surface area contributed by atoms with Crippen LogP contribution >= 0.6 is 0 Å². The van der Waals surface area contributed by atoms with Crippen LogP contribution in [0.2, 0.25) is 0 Å². The maximum absolute atomic E-state index is 11.5. The van der Waals surface area contributed by atoms with Gasteiger partial charge in [0.05, 0.1) is 32.1 Å². The molecule has 3 N–H and O–H groups in total. The summed E-state index contributed by atoms with van der Waals surface area (Å²) in [4.78, 5) is 11.5. The minimum atomic E-state index is -0.540. The number of hydrogen-bond acceptors (Lipinski definition) is 6. The van der Waals surface area contributed by atoms with Gasteiger partial charge >= 0.3 is 5.97 Å². The number of methoxy groups -OCH3 is 2. The van der Waals surface area contributed by atoms with Crippen LogP contribution in [0.3, 0.4) is 0 Å². The minimum Gasteiger partial charge on any atom is -0.493 e. The molecule has 0 spiro atoms. The Kier molecular flexibility index (Phi) is 5.26. The lowest BCUT2D eigenvalue weighted by molar-refractivity contribution is 0.0601. The van der Waals surface area contributed by atoms with Crippen LogP contribution in [0.5, 0.6) is 11.5 Å². The summed E-state index contributed by atoms with van der Waals surface area (Å²) >= 11 is 0. The first-order valence-electron chi connectivity index (χ1n) is 5.43. The minimum absolute atomic E-state index is 0.0289. The van der Waals surface area contributed by atoms with Gasteiger partial charge in [-0.15, -0.1) is 0 Å². The summed E-state index contributed by atoms with van der Waals surface area (Å²) in [6.45, 7) is 0.346. The summed E-state index contributed by atoms with van der Waals surface area (Å²) in [6.07, 6.45) is 0.487. The molecule has 0 bridgehead atoms. The fourth-order valence-corrected chi connectivity index (χ4v) is 1.38. The van der Waals surface area contributed by atoms with Gasteiger partial charge in [0.2, 0.25) is 0 Å². The first kappa shape index (κ1) is 14.1. The van der Waals surface area contributed by atoms with Crippen molar-refractivity contribution >= 4 is 11.7 Å². The quantitative estimate of drug-likeness (QED) is 0.444. The van der Waals surface area contributed by atoms with Crippen molar-refractivity contribution in [2.24, 2.45) is 0 Å². The molecule has 0 aliphatic carbocycles. The number of aliphatic hydroxyl groups excluding tert-OH is 1. The average molecular weight is 255 g/mol. The third kappa shape index (κ3) is 3.27.